The van der Waals surface area contributed by atoms with Gasteiger partial charge in [0.25, 0.3) is 0 Å². The van der Waals surface area contributed by atoms with Crippen LogP contribution in [-0.4, -0.2) is 59.4 Å². The summed E-state index contributed by atoms with van der Waals surface area (Å²) < 4.78 is 32.1. The number of nitrogens with zero attached hydrogens (tertiary/aromatic N) is 2. The van der Waals surface area contributed by atoms with Gasteiger partial charge in [0.2, 0.25) is 0 Å². The number of aromatic nitrogens is 1. The van der Waals surface area contributed by atoms with Gasteiger partial charge in [-0.2, -0.15) is 0 Å². The molecule has 0 aliphatic carbocycles. The molecule has 0 amide bonds. The first kappa shape index (κ1) is 27.7. The van der Waals surface area contributed by atoms with Crippen molar-refractivity contribution < 1.29 is 28.5 Å². The molecule has 0 unspecified atom stereocenters. The first-order valence-corrected chi connectivity index (χ1v) is 12.7. The molecule has 1 aromatic heterocycles. The second kappa shape index (κ2) is 12.0. The molecule has 1 saturated heterocycles. The molecule has 0 bridgehead atoms. The first-order chi connectivity index (χ1) is 18.2. The summed E-state index contributed by atoms with van der Waals surface area (Å²) in [6.45, 7) is 2.43. The molecule has 3 aromatic rings. The molecule has 1 aliphatic heterocycles. The molecule has 1 fully saturated rings. The summed E-state index contributed by atoms with van der Waals surface area (Å²) in [5, 5.41) is 25.1. The molecule has 2 aromatic carbocycles. The monoisotopic (exact) mass is 528 g/mol. The predicted octanol–water partition coefficient (Wildman–Crippen LogP) is 4.07. The van der Waals surface area contributed by atoms with E-state index in [2.05, 4.69) is 15.2 Å². The van der Waals surface area contributed by atoms with Gasteiger partial charge in [0.1, 0.15) is 17.4 Å². The number of nitrogens with one attached hydrogen (secondary N) is 1. The van der Waals surface area contributed by atoms with Crippen LogP contribution < -0.4 is 15.8 Å². The quantitative estimate of drug-likeness (QED) is 0.294. The summed E-state index contributed by atoms with van der Waals surface area (Å²) in [4.78, 5) is 19.0. The van der Waals surface area contributed by atoms with Crippen LogP contribution in [0.25, 0.3) is 10.9 Å². The van der Waals surface area contributed by atoms with E-state index in [0.717, 1.165) is 11.5 Å². The Morgan fingerprint density at radius 2 is 1.92 bits per heavy atom. The number of carboxylic acid groups (broad SMARTS) is 1. The number of ether oxygens (including phenoxy) is 1. The molecule has 5 N–H and O–H groups in total. The van der Waals surface area contributed by atoms with Crippen molar-refractivity contribution in [1.82, 2.24) is 9.88 Å². The highest BCUT2D eigenvalue weighted by molar-refractivity contribution is 5.85. The van der Waals surface area contributed by atoms with Gasteiger partial charge in [-0.05, 0) is 80.2 Å². The van der Waals surface area contributed by atoms with Crippen LogP contribution in [0, 0.1) is 17.0 Å². The summed E-state index contributed by atoms with van der Waals surface area (Å²) in [6.07, 6.45) is 2.22. The Morgan fingerprint density at radius 1 is 1.21 bits per heavy atom. The van der Waals surface area contributed by atoms with Crippen LogP contribution in [0.4, 0.5) is 14.5 Å². The van der Waals surface area contributed by atoms with E-state index in [1.54, 1.807) is 19.4 Å². The van der Waals surface area contributed by atoms with E-state index in [1.165, 1.54) is 12.1 Å². The van der Waals surface area contributed by atoms with Crippen molar-refractivity contribution in [2.45, 2.75) is 38.3 Å². The first-order valence-electron chi connectivity index (χ1n) is 12.7. The highest BCUT2D eigenvalue weighted by Crippen LogP contribution is 2.40. The number of hydrogen-bond acceptors (Lipinski definition) is 7. The van der Waals surface area contributed by atoms with Crippen molar-refractivity contribution >= 4 is 22.6 Å². The van der Waals surface area contributed by atoms with Crippen LogP contribution in [0.1, 0.15) is 42.9 Å². The van der Waals surface area contributed by atoms with Gasteiger partial charge in [-0.15, -0.1) is 0 Å². The van der Waals surface area contributed by atoms with Crippen LogP contribution in [0.15, 0.2) is 42.6 Å². The number of piperidine rings is 1. The average molecular weight is 529 g/mol. The van der Waals surface area contributed by atoms with Crippen LogP contribution in [-0.2, 0) is 11.3 Å². The van der Waals surface area contributed by atoms with E-state index in [9.17, 15) is 23.8 Å². The number of methoxy groups -OCH3 is 1. The summed E-state index contributed by atoms with van der Waals surface area (Å²) in [5.41, 5.74) is 7.44. The van der Waals surface area contributed by atoms with Crippen LogP contribution in [0.5, 0.6) is 5.75 Å². The van der Waals surface area contributed by atoms with Gasteiger partial charge in [-0.25, -0.2) is 8.78 Å². The Morgan fingerprint density at radius 3 is 2.55 bits per heavy atom. The number of hydrogen-bond donors (Lipinski definition) is 4. The normalized spacial score (nSPS) is 16.3. The van der Waals surface area contributed by atoms with Crippen molar-refractivity contribution in [3.63, 3.8) is 0 Å². The summed E-state index contributed by atoms with van der Waals surface area (Å²) >= 11 is 0. The topological polar surface area (TPSA) is 121 Å². The van der Waals surface area contributed by atoms with Crippen LogP contribution in [0.3, 0.4) is 0 Å². The van der Waals surface area contributed by atoms with Gasteiger partial charge in [0.15, 0.2) is 0 Å². The number of anilines is 1. The van der Waals surface area contributed by atoms with Crippen molar-refractivity contribution in [1.29, 1.82) is 0 Å². The standard InChI is InChI=1S/C28H34F2N4O4/c1-38-22-2-3-24-23(15-22)26(18(16-31)17-33-24)25(35)4-5-28(27(36)37)6-9-34(10-7-28)11-8-32-21-13-19(29)12-20(30)14-21/h2-3,12-15,17,25,32,35H,4-11,16,31H2,1H3,(H,36,37)/t25-/m0/s1. The van der Waals surface area contributed by atoms with Crippen LogP contribution >= 0.6 is 0 Å². The largest absolute Gasteiger partial charge is 0.497 e. The third kappa shape index (κ3) is 6.20. The number of nitrogens with two attached hydrogens (primary N) is 1. The Balaban J connectivity index is 1.39. The van der Waals surface area contributed by atoms with Crippen molar-refractivity contribution in [2.75, 3.05) is 38.6 Å². The third-order valence-electron chi connectivity index (χ3n) is 7.54. The Labute approximate surface area is 220 Å². The summed E-state index contributed by atoms with van der Waals surface area (Å²) in [6, 6.07) is 8.72. The zero-order valence-electron chi connectivity index (χ0n) is 21.4. The number of aliphatic carboxylic acids is 1. The molecule has 38 heavy (non-hydrogen) atoms. The molecule has 8 nitrogen and oxygen atoms in total. The maximum atomic E-state index is 13.4. The lowest BCUT2D eigenvalue weighted by Crippen LogP contribution is -2.45. The van der Waals surface area contributed by atoms with E-state index >= 15 is 0 Å². The second-order valence-corrected chi connectivity index (χ2v) is 9.85. The molecule has 0 saturated carbocycles. The van der Waals surface area contributed by atoms with Gasteiger partial charge in [-0.3, -0.25) is 9.78 Å². The number of fused-ring (bicyclic) bond motifs is 1. The molecular weight excluding hydrogens is 494 g/mol. The zero-order chi connectivity index (χ0) is 27.3. The second-order valence-electron chi connectivity index (χ2n) is 9.85. The van der Waals surface area contributed by atoms with E-state index in [-0.39, 0.29) is 13.0 Å². The number of halogens is 2. The Kier molecular flexibility index (Phi) is 8.76. The Hall–Kier alpha value is -3.34. The SMILES string of the molecule is COc1ccc2ncc(CN)c([C@@H](O)CCC3(C(=O)O)CCN(CCNc4cc(F)cc(F)c4)CC3)c2c1. The fourth-order valence-electron chi connectivity index (χ4n) is 5.26. The van der Waals surface area contributed by atoms with Gasteiger partial charge in [-0.1, -0.05) is 0 Å². The molecule has 4 rings (SSSR count). The molecular formula is C28H34F2N4O4. The van der Waals surface area contributed by atoms with Gasteiger partial charge in [0, 0.05) is 43.0 Å². The lowest BCUT2D eigenvalue weighted by atomic mass is 9.74. The van der Waals surface area contributed by atoms with E-state index in [1.807, 2.05) is 12.1 Å². The fraction of sp³-hybridized carbons (Fsp3) is 0.429. The zero-order valence-corrected chi connectivity index (χ0v) is 21.4. The number of aliphatic hydroxyl groups excluding tert-OH is 1. The van der Waals surface area contributed by atoms with E-state index in [0.29, 0.717) is 73.5 Å². The third-order valence-corrected chi connectivity index (χ3v) is 7.54. The van der Waals surface area contributed by atoms with Gasteiger partial charge >= 0.3 is 5.97 Å². The summed E-state index contributed by atoms with van der Waals surface area (Å²) in [5.74, 6) is -1.51. The average Bonchev–Trinajstić information content (AvgIpc) is 2.90. The highest BCUT2D eigenvalue weighted by Gasteiger charge is 2.41. The van der Waals surface area contributed by atoms with Crippen LogP contribution in [0.2, 0.25) is 0 Å². The maximum Gasteiger partial charge on any atom is 0.309 e. The maximum absolute atomic E-state index is 13.4. The lowest BCUT2D eigenvalue weighted by Gasteiger charge is -2.39. The minimum atomic E-state index is -0.944. The molecule has 2 heterocycles. The lowest BCUT2D eigenvalue weighted by molar-refractivity contribution is -0.153. The summed E-state index contributed by atoms with van der Waals surface area (Å²) in [7, 11) is 1.57. The van der Waals surface area contributed by atoms with Crippen molar-refractivity contribution in [2.24, 2.45) is 11.1 Å². The van der Waals surface area contributed by atoms with E-state index < -0.39 is 29.1 Å². The number of carboxylic acids is 1. The van der Waals surface area contributed by atoms with E-state index in [4.69, 9.17) is 10.5 Å². The fourth-order valence-corrected chi connectivity index (χ4v) is 5.26. The number of aliphatic hydroxyl groups is 1. The molecule has 204 valence electrons. The smallest absolute Gasteiger partial charge is 0.309 e. The number of benzene rings is 2. The van der Waals surface area contributed by atoms with Crippen molar-refractivity contribution in [3.05, 3.63) is 65.4 Å². The molecule has 0 spiro atoms. The molecule has 10 heteroatoms. The number of likely N-dealkylation sites (tertiary alicyclic amines) is 1. The van der Waals surface area contributed by atoms with Crippen molar-refractivity contribution in [3.8, 4) is 5.75 Å². The predicted molar refractivity (Wildman–Crippen MR) is 141 cm³/mol. The Bertz CT molecular complexity index is 1260. The molecule has 0 radical (unpaired) electrons. The van der Waals surface area contributed by atoms with Gasteiger partial charge < -0.3 is 30.9 Å². The number of pyridine rings is 1. The molecule has 1 aliphatic rings. The minimum Gasteiger partial charge on any atom is -0.497 e. The molecule has 1 atom stereocenters. The number of rotatable bonds is 11. The highest BCUT2D eigenvalue weighted by atomic mass is 19.1. The van der Waals surface area contributed by atoms with Gasteiger partial charge in [0.05, 0.1) is 24.1 Å². The minimum absolute atomic E-state index is 0.196. The number of carbonyl (C=O) groups is 1.